The molecule has 0 spiro atoms. The van der Waals surface area contributed by atoms with E-state index in [-0.39, 0.29) is 6.10 Å². The SMILES string of the molecule is CC1CN(S(=O)(=O)c2csc(CNC3CC3)c2)CCO1. The number of sulfonamides is 1. The zero-order chi connectivity index (χ0) is 14.2. The first-order valence-corrected chi connectivity index (χ1v) is 9.30. The quantitative estimate of drug-likeness (QED) is 0.892. The summed E-state index contributed by atoms with van der Waals surface area (Å²) in [6.07, 6.45) is 2.44. The van der Waals surface area contributed by atoms with Gasteiger partial charge in [0.15, 0.2) is 0 Å². The summed E-state index contributed by atoms with van der Waals surface area (Å²) in [7, 11) is -3.36. The number of morpholine rings is 1. The maximum Gasteiger partial charge on any atom is 0.244 e. The molecule has 2 aliphatic rings. The minimum atomic E-state index is -3.36. The fraction of sp³-hybridized carbons (Fsp3) is 0.692. The number of hydrogen-bond acceptors (Lipinski definition) is 5. The Morgan fingerprint density at radius 3 is 3.00 bits per heavy atom. The molecule has 1 saturated carbocycles. The van der Waals surface area contributed by atoms with E-state index in [9.17, 15) is 8.42 Å². The van der Waals surface area contributed by atoms with Crippen LogP contribution in [0.3, 0.4) is 0 Å². The Hall–Kier alpha value is -0.470. The third kappa shape index (κ3) is 3.23. The number of rotatable bonds is 5. The number of thiophene rings is 1. The molecule has 7 heteroatoms. The molecule has 0 bridgehead atoms. The van der Waals surface area contributed by atoms with Crippen LogP contribution >= 0.6 is 11.3 Å². The van der Waals surface area contributed by atoms with E-state index in [1.165, 1.54) is 28.5 Å². The van der Waals surface area contributed by atoms with Gasteiger partial charge >= 0.3 is 0 Å². The molecule has 1 aromatic heterocycles. The molecule has 2 fully saturated rings. The van der Waals surface area contributed by atoms with Crippen molar-refractivity contribution in [3.05, 3.63) is 16.3 Å². The molecule has 0 amide bonds. The van der Waals surface area contributed by atoms with E-state index in [2.05, 4.69) is 5.32 Å². The summed E-state index contributed by atoms with van der Waals surface area (Å²) in [5.74, 6) is 0. The van der Waals surface area contributed by atoms with Gasteiger partial charge in [-0.05, 0) is 25.8 Å². The van der Waals surface area contributed by atoms with Crippen molar-refractivity contribution in [3.8, 4) is 0 Å². The fourth-order valence-electron chi connectivity index (χ4n) is 2.27. The first-order chi connectivity index (χ1) is 9.55. The Morgan fingerprint density at radius 1 is 1.50 bits per heavy atom. The van der Waals surface area contributed by atoms with Crippen LogP contribution in [0.5, 0.6) is 0 Å². The van der Waals surface area contributed by atoms with Crippen molar-refractivity contribution in [1.82, 2.24) is 9.62 Å². The number of ether oxygens (including phenoxy) is 1. The third-order valence-corrected chi connectivity index (χ3v) is 6.54. The molecule has 112 valence electrons. The molecule has 2 heterocycles. The summed E-state index contributed by atoms with van der Waals surface area (Å²) in [6, 6.07) is 2.44. The van der Waals surface area contributed by atoms with E-state index in [4.69, 9.17) is 4.74 Å². The molecule has 0 radical (unpaired) electrons. The Kier molecular flexibility index (Phi) is 4.14. The van der Waals surface area contributed by atoms with Crippen LogP contribution < -0.4 is 5.32 Å². The molecule has 1 unspecified atom stereocenters. The van der Waals surface area contributed by atoms with Crippen molar-refractivity contribution >= 4 is 21.4 Å². The van der Waals surface area contributed by atoms with Crippen LogP contribution in [-0.4, -0.2) is 44.6 Å². The van der Waals surface area contributed by atoms with Gasteiger partial charge in [0.05, 0.1) is 17.6 Å². The maximum atomic E-state index is 12.6. The Bertz CT molecular complexity index is 566. The Balaban J connectivity index is 1.69. The van der Waals surface area contributed by atoms with E-state index < -0.39 is 10.0 Å². The van der Waals surface area contributed by atoms with Crippen LogP contribution in [0.4, 0.5) is 0 Å². The van der Waals surface area contributed by atoms with Crippen molar-refractivity contribution in [3.63, 3.8) is 0 Å². The maximum absolute atomic E-state index is 12.6. The summed E-state index contributed by atoms with van der Waals surface area (Å²) in [4.78, 5) is 1.50. The van der Waals surface area contributed by atoms with Gasteiger partial charge in [0.2, 0.25) is 10.0 Å². The molecule has 1 saturated heterocycles. The minimum Gasteiger partial charge on any atom is -0.376 e. The number of nitrogens with zero attached hydrogens (tertiary/aromatic N) is 1. The van der Waals surface area contributed by atoms with Crippen molar-refractivity contribution in [2.24, 2.45) is 0 Å². The normalized spacial score (nSPS) is 24.9. The standard InChI is InChI=1S/C13H20N2O3S2/c1-10-8-15(4-5-18-10)20(16,17)13-6-12(19-9-13)7-14-11-2-3-11/h6,9-11,14H,2-5,7-8H2,1H3. The molecule has 0 aromatic carbocycles. The zero-order valence-electron chi connectivity index (χ0n) is 11.5. The van der Waals surface area contributed by atoms with Gasteiger partial charge in [-0.2, -0.15) is 4.31 Å². The van der Waals surface area contributed by atoms with Crippen LogP contribution in [0.25, 0.3) is 0 Å². The van der Waals surface area contributed by atoms with E-state index in [0.717, 1.165) is 11.4 Å². The molecule has 3 rings (SSSR count). The molecule has 20 heavy (non-hydrogen) atoms. The molecule has 1 aromatic rings. The second-order valence-corrected chi connectivity index (χ2v) is 8.38. The lowest BCUT2D eigenvalue weighted by Gasteiger charge is -2.29. The second-order valence-electron chi connectivity index (χ2n) is 5.45. The van der Waals surface area contributed by atoms with E-state index in [1.807, 2.05) is 6.92 Å². The highest BCUT2D eigenvalue weighted by Gasteiger charge is 2.30. The molecule has 5 nitrogen and oxygen atoms in total. The highest BCUT2D eigenvalue weighted by Crippen LogP contribution is 2.25. The van der Waals surface area contributed by atoms with Crippen molar-refractivity contribution < 1.29 is 13.2 Å². The van der Waals surface area contributed by atoms with E-state index >= 15 is 0 Å². The zero-order valence-corrected chi connectivity index (χ0v) is 13.2. The van der Waals surface area contributed by atoms with Gasteiger partial charge in [0.25, 0.3) is 0 Å². The summed E-state index contributed by atoms with van der Waals surface area (Å²) < 4.78 is 32.0. The Morgan fingerprint density at radius 2 is 2.30 bits per heavy atom. The summed E-state index contributed by atoms with van der Waals surface area (Å²) in [6.45, 7) is 4.03. The Labute approximate surface area is 124 Å². The predicted molar refractivity (Wildman–Crippen MR) is 78.4 cm³/mol. The first-order valence-electron chi connectivity index (χ1n) is 6.98. The van der Waals surface area contributed by atoms with Gasteiger partial charge in [-0.1, -0.05) is 0 Å². The van der Waals surface area contributed by atoms with Crippen LogP contribution in [-0.2, 0) is 21.3 Å². The first kappa shape index (κ1) is 14.5. The highest BCUT2D eigenvalue weighted by molar-refractivity contribution is 7.89. The molecule has 1 N–H and O–H groups in total. The second kappa shape index (κ2) is 5.73. The topological polar surface area (TPSA) is 58.6 Å². The largest absolute Gasteiger partial charge is 0.376 e. The monoisotopic (exact) mass is 316 g/mol. The van der Waals surface area contributed by atoms with Crippen molar-refractivity contribution in [1.29, 1.82) is 0 Å². The summed E-state index contributed by atoms with van der Waals surface area (Å²) in [5, 5.41) is 5.16. The fourth-order valence-corrected chi connectivity index (χ4v) is 4.99. The predicted octanol–water partition coefficient (Wildman–Crippen LogP) is 1.41. The lowest BCUT2D eigenvalue weighted by atomic mass is 10.3. The summed E-state index contributed by atoms with van der Waals surface area (Å²) in [5.41, 5.74) is 0. The molecular weight excluding hydrogens is 296 g/mol. The lowest BCUT2D eigenvalue weighted by Crippen LogP contribution is -2.44. The average molecular weight is 316 g/mol. The molecule has 1 aliphatic carbocycles. The van der Waals surface area contributed by atoms with Crippen LogP contribution in [0.15, 0.2) is 16.3 Å². The summed E-state index contributed by atoms with van der Waals surface area (Å²) >= 11 is 1.51. The van der Waals surface area contributed by atoms with Gasteiger partial charge in [-0.3, -0.25) is 0 Å². The van der Waals surface area contributed by atoms with Gasteiger partial charge < -0.3 is 10.1 Å². The smallest absolute Gasteiger partial charge is 0.244 e. The third-order valence-electron chi connectivity index (χ3n) is 3.61. The van der Waals surface area contributed by atoms with Crippen molar-refractivity contribution in [2.75, 3.05) is 19.7 Å². The van der Waals surface area contributed by atoms with Crippen LogP contribution in [0, 0.1) is 0 Å². The highest BCUT2D eigenvalue weighted by atomic mass is 32.2. The van der Waals surface area contributed by atoms with Gasteiger partial charge in [-0.25, -0.2) is 8.42 Å². The van der Waals surface area contributed by atoms with E-state index in [1.54, 1.807) is 11.4 Å². The lowest BCUT2D eigenvalue weighted by molar-refractivity contribution is 0.0102. The number of hydrogen-bond donors (Lipinski definition) is 1. The molecular formula is C13H20N2O3S2. The minimum absolute atomic E-state index is 0.0341. The average Bonchev–Trinajstić information content (AvgIpc) is 3.12. The van der Waals surface area contributed by atoms with Gasteiger partial charge in [0.1, 0.15) is 0 Å². The van der Waals surface area contributed by atoms with Crippen molar-refractivity contribution in [2.45, 2.75) is 43.4 Å². The van der Waals surface area contributed by atoms with E-state index in [0.29, 0.717) is 30.6 Å². The molecule has 1 aliphatic heterocycles. The number of nitrogens with one attached hydrogen (secondary N) is 1. The molecule has 1 atom stereocenters. The van der Waals surface area contributed by atoms with Crippen LogP contribution in [0.1, 0.15) is 24.6 Å². The van der Waals surface area contributed by atoms with Crippen LogP contribution in [0.2, 0.25) is 0 Å². The van der Waals surface area contributed by atoms with Gasteiger partial charge in [-0.15, -0.1) is 11.3 Å². The van der Waals surface area contributed by atoms with Gasteiger partial charge in [0, 0.05) is 35.9 Å².